The third-order valence-corrected chi connectivity index (χ3v) is 4.89. The number of hydrogen-bond donors (Lipinski definition) is 1. The number of benzene rings is 1. The molecule has 1 heterocycles. The van der Waals surface area contributed by atoms with Crippen LogP contribution < -0.4 is 5.32 Å². The second-order valence-electron chi connectivity index (χ2n) is 6.14. The van der Waals surface area contributed by atoms with Gasteiger partial charge in [0, 0.05) is 20.1 Å². The molecule has 6 heteroatoms. The Balaban J connectivity index is 1.88. The Morgan fingerprint density at radius 3 is 2.77 bits per heavy atom. The van der Waals surface area contributed by atoms with Crippen LogP contribution in [0.25, 0.3) is 0 Å². The van der Waals surface area contributed by atoms with Crippen LogP contribution in [0.2, 0.25) is 10.0 Å². The number of urea groups is 1. The van der Waals surface area contributed by atoms with Gasteiger partial charge in [-0.15, -0.1) is 0 Å². The smallest absolute Gasteiger partial charge is 0.317 e. The molecule has 0 radical (unpaired) electrons. The van der Waals surface area contributed by atoms with Gasteiger partial charge in [-0.2, -0.15) is 0 Å². The van der Waals surface area contributed by atoms with Gasteiger partial charge in [0.15, 0.2) is 0 Å². The summed E-state index contributed by atoms with van der Waals surface area (Å²) < 4.78 is 0. The van der Waals surface area contributed by atoms with E-state index in [1.165, 1.54) is 0 Å². The van der Waals surface area contributed by atoms with E-state index in [-0.39, 0.29) is 12.1 Å². The zero-order valence-corrected chi connectivity index (χ0v) is 14.8. The van der Waals surface area contributed by atoms with Crippen LogP contribution in [0.15, 0.2) is 18.2 Å². The molecular weight excluding hydrogens is 321 g/mol. The highest BCUT2D eigenvalue weighted by Gasteiger charge is 2.23. The van der Waals surface area contributed by atoms with Crippen LogP contribution in [0, 0.1) is 5.92 Å². The van der Waals surface area contributed by atoms with Gasteiger partial charge in [0.25, 0.3) is 0 Å². The van der Waals surface area contributed by atoms with E-state index in [2.05, 4.69) is 17.3 Å². The highest BCUT2D eigenvalue weighted by Crippen LogP contribution is 2.25. The van der Waals surface area contributed by atoms with Crippen molar-refractivity contribution < 1.29 is 4.79 Å². The molecule has 1 aliphatic rings. The molecule has 1 aromatic carbocycles. The molecule has 1 N–H and O–H groups in total. The van der Waals surface area contributed by atoms with Crippen molar-refractivity contribution >= 4 is 29.2 Å². The summed E-state index contributed by atoms with van der Waals surface area (Å²) in [5, 5.41) is 4.02. The maximum atomic E-state index is 12.3. The van der Waals surface area contributed by atoms with Crippen molar-refractivity contribution in [3.05, 3.63) is 33.8 Å². The molecular formula is C16H23Cl2N3O. The fourth-order valence-corrected chi connectivity index (χ4v) is 3.11. The van der Waals surface area contributed by atoms with E-state index in [0.717, 1.165) is 31.6 Å². The second-order valence-corrected chi connectivity index (χ2v) is 6.96. The molecule has 0 bridgehead atoms. The van der Waals surface area contributed by atoms with E-state index >= 15 is 0 Å². The first-order chi connectivity index (χ1) is 10.4. The van der Waals surface area contributed by atoms with Crippen LogP contribution in [0.3, 0.4) is 0 Å². The molecule has 22 heavy (non-hydrogen) atoms. The maximum absolute atomic E-state index is 12.3. The first-order valence-corrected chi connectivity index (χ1v) is 8.27. The number of amides is 2. The number of nitrogens with zero attached hydrogens (tertiary/aromatic N) is 2. The summed E-state index contributed by atoms with van der Waals surface area (Å²) in [5.41, 5.74) is 0.941. The highest BCUT2D eigenvalue weighted by atomic mass is 35.5. The van der Waals surface area contributed by atoms with Crippen LogP contribution in [-0.4, -0.2) is 49.6 Å². The zero-order chi connectivity index (χ0) is 16.3. The molecule has 0 aliphatic carbocycles. The van der Waals surface area contributed by atoms with Crippen LogP contribution in [0.4, 0.5) is 4.79 Å². The van der Waals surface area contributed by atoms with E-state index < -0.39 is 0 Å². The standard InChI is InChI=1S/C16H23Cl2N3O/c1-11(13-4-5-14(17)15(18)8-13)19-16(22)21(3)10-12-6-7-20(2)9-12/h4-5,8,11-12H,6-7,9-10H2,1-3H3,(H,19,22)/t11-,12-/m0/s1. The summed E-state index contributed by atoms with van der Waals surface area (Å²) in [6.45, 7) is 4.89. The van der Waals surface area contributed by atoms with Crippen LogP contribution in [-0.2, 0) is 0 Å². The molecule has 122 valence electrons. The van der Waals surface area contributed by atoms with Gasteiger partial charge in [-0.1, -0.05) is 29.3 Å². The fourth-order valence-electron chi connectivity index (χ4n) is 2.81. The minimum Gasteiger partial charge on any atom is -0.331 e. The Kier molecular flexibility index (Phi) is 5.95. The van der Waals surface area contributed by atoms with Gasteiger partial charge in [0.05, 0.1) is 16.1 Å². The number of nitrogens with one attached hydrogen (secondary N) is 1. The molecule has 0 saturated carbocycles. The average Bonchev–Trinajstić information content (AvgIpc) is 2.86. The number of rotatable bonds is 4. The summed E-state index contributed by atoms with van der Waals surface area (Å²) in [5.74, 6) is 0.557. The first kappa shape index (κ1) is 17.4. The molecule has 0 unspecified atom stereocenters. The molecule has 0 aromatic heterocycles. The molecule has 1 saturated heterocycles. The SMILES string of the molecule is C[C@H](NC(=O)N(C)C[C@H]1CCN(C)C1)c1ccc(Cl)c(Cl)c1. The summed E-state index contributed by atoms with van der Waals surface area (Å²) in [6.07, 6.45) is 1.15. The molecule has 1 aliphatic heterocycles. The van der Waals surface area contributed by atoms with Gasteiger partial charge in [-0.05, 0) is 50.6 Å². The normalized spacial score (nSPS) is 20.0. The van der Waals surface area contributed by atoms with Gasteiger partial charge in [0.2, 0.25) is 0 Å². The Hall–Kier alpha value is -0.970. The molecule has 2 atom stereocenters. The number of carbonyl (C=O) groups excluding carboxylic acids is 1. The molecule has 1 aromatic rings. The molecule has 2 amide bonds. The average molecular weight is 344 g/mol. The van der Waals surface area contributed by atoms with Gasteiger partial charge in [-0.25, -0.2) is 4.79 Å². The van der Waals surface area contributed by atoms with E-state index in [9.17, 15) is 4.79 Å². The minimum absolute atomic E-state index is 0.0619. The minimum atomic E-state index is -0.115. The fraction of sp³-hybridized carbons (Fsp3) is 0.562. The van der Waals surface area contributed by atoms with Gasteiger partial charge in [0.1, 0.15) is 0 Å². The van der Waals surface area contributed by atoms with E-state index in [1.54, 1.807) is 17.0 Å². The van der Waals surface area contributed by atoms with Crippen LogP contribution >= 0.6 is 23.2 Å². The number of likely N-dealkylation sites (tertiary alicyclic amines) is 1. The van der Waals surface area contributed by atoms with E-state index in [1.807, 2.05) is 20.0 Å². The van der Waals surface area contributed by atoms with E-state index in [0.29, 0.717) is 16.0 Å². The quantitative estimate of drug-likeness (QED) is 0.905. The molecule has 2 rings (SSSR count). The maximum Gasteiger partial charge on any atom is 0.317 e. The monoisotopic (exact) mass is 343 g/mol. The Morgan fingerprint density at radius 2 is 2.18 bits per heavy atom. The lowest BCUT2D eigenvalue weighted by atomic mass is 10.1. The first-order valence-electron chi connectivity index (χ1n) is 7.52. The van der Waals surface area contributed by atoms with E-state index in [4.69, 9.17) is 23.2 Å². The van der Waals surface area contributed by atoms with Crippen molar-refractivity contribution in [3.8, 4) is 0 Å². The number of halogens is 2. The van der Waals surface area contributed by atoms with Crippen molar-refractivity contribution in [3.63, 3.8) is 0 Å². The highest BCUT2D eigenvalue weighted by molar-refractivity contribution is 6.42. The molecule has 1 fully saturated rings. The van der Waals surface area contributed by atoms with Crippen molar-refractivity contribution in [2.75, 3.05) is 33.7 Å². The number of hydrogen-bond acceptors (Lipinski definition) is 2. The Bertz CT molecular complexity index is 538. The predicted molar refractivity (Wildman–Crippen MR) is 91.6 cm³/mol. The lowest BCUT2D eigenvalue weighted by molar-refractivity contribution is 0.197. The summed E-state index contributed by atoms with van der Waals surface area (Å²) in [7, 11) is 3.96. The topological polar surface area (TPSA) is 35.6 Å². The predicted octanol–water partition coefficient (Wildman–Crippen LogP) is 3.65. The lowest BCUT2D eigenvalue weighted by Crippen LogP contribution is -2.41. The summed E-state index contributed by atoms with van der Waals surface area (Å²) >= 11 is 11.9. The Morgan fingerprint density at radius 1 is 1.45 bits per heavy atom. The van der Waals surface area contributed by atoms with Gasteiger partial charge in [-0.3, -0.25) is 0 Å². The van der Waals surface area contributed by atoms with Crippen molar-refractivity contribution in [1.29, 1.82) is 0 Å². The van der Waals surface area contributed by atoms with Gasteiger partial charge < -0.3 is 15.1 Å². The third-order valence-electron chi connectivity index (χ3n) is 4.15. The van der Waals surface area contributed by atoms with Crippen LogP contribution in [0.5, 0.6) is 0 Å². The van der Waals surface area contributed by atoms with Crippen molar-refractivity contribution in [2.45, 2.75) is 19.4 Å². The van der Waals surface area contributed by atoms with Crippen molar-refractivity contribution in [1.82, 2.24) is 15.1 Å². The molecule has 0 spiro atoms. The van der Waals surface area contributed by atoms with Crippen LogP contribution in [0.1, 0.15) is 24.9 Å². The lowest BCUT2D eigenvalue weighted by Gasteiger charge is -2.24. The summed E-state index contributed by atoms with van der Waals surface area (Å²) in [4.78, 5) is 16.4. The van der Waals surface area contributed by atoms with Crippen molar-refractivity contribution in [2.24, 2.45) is 5.92 Å². The molecule has 4 nitrogen and oxygen atoms in total. The largest absolute Gasteiger partial charge is 0.331 e. The third kappa shape index (κ3) is 4.51. The summed E-state index contributed by atoms with van der Waals surface area (Å²) in [6, 6.07) is 5.25. The second kappa shape index (κ2) is 7.53. The number of carbonyl (C=O) groups is 1. The Labute approximate surface area is 142 Å². The van der Waals surface area contributed by atoms with Gasteiger partial charge >= 0.3 is 6.03 Å². The zero-order valence-electron chi connectivity index (χ0n) is 13.3.